The highest BCUT2D eigenvalue weighted by atomic mass is 32.1. The molecule has 0 aliphatic carbocycles. The van der Waals surface area contributed by atoms with Gasteiger partial charge in [0.25, 0.3) is 0 Å². The molecule has 0 unspecified atom stereocenters. The molecule has 1 aliphatic rings. The molecule has 1 atom stereocenters. The van der Waals surface area contributed by atoms with Crippen molar-refractivity contribution in [3.63, 3.8) is 0 Å². The van der Waals surface area contributed by atoms with Crippen LogP contribution in [0.1, 0.15) is 16.6 Å². The molecule has 140 valence electrons. The van der Waals surface area contributed by atoms with E-state index in [0.29, 0.717) is 38.4 Å². The van der Waals surface area contributed by atoms with E-state index in [1.807, 2.05) is 29.2 Å². The Balaban J connectivity index is 1.52. The van der Waals surface area contributed by atoms with Gasteiger partial charge in [0, 0.05) is 13.1 Å². The smallest absolute Gasteiger partial charge is 0.242 e. The van der Waals surface area contributed by atoms with Crippen LogP contribution in [0.2, 0.25) is 0 Å². The minimum absolute atomic E-state index is 0.151. The maximum atomic E-state index is 13.7. The zero-order valence-electron chi connectivity index (χ0n) is 14.7. The highest BCUT2D eigenvalue weighted by Gasteiger charge is 2.29. The number of hydrogen-bond acceptors (Lipinski definition) is 5. The number of thiazole rings is 1. The van der Waals surface area contributed by atoms with Crippen molar-refractivity contribution in [2.75, 3.05) is 26.3 Å². The van der Waals surface area contributed by atoms with E-state index in [4.69, 9.17) is 4.74 Å². The number of carbonyl (C=O) groups is 1. The van der Waals surface area contributed by atoms with Crippen LogP contribution in [0.25, 0.3) is 10.2 Å². The van der Waals surface area contributed by atoms with Gasteiger partial charge in [0.05, 0.1) is 30.0 Å². The van der Waals surface area contributed by atoms with Crippen LogP contribution in [0.3, 0.4) is 0 Å². The molecule has 1 aliphatic heterocycles. The van der Waals surface area contributed by atoms with Gasteiger partial charge in [-0.3, -0.25) is 9.69 Å². The molecular weight excluding hydrogens is 365 g/mol. The van der Waals surface area contributed by atoms with Crippen LogP contribution in [-0.2, 0) is 16.1 Å². The van der Waals surface area contributed by atoms with Crippen molar-refractivity contribution in [3.8, 4) is 0 Å². The molecule has 1 aromatic heterocycles. The molecule has 0 radical (unpaired) electrons. The average molecular weight is 385 g/mol. The summed E-state index contributed by atoms with van der Waals surface area (Å²) in [5, 5.41) is 3.83. The van der Waals surface area contributed by atoms with Crippen LogP contribution in [0, 0.1) is 5.82 Å². The van der Waals surface area contributed by atoms with Crippen LogP contribution in [0.15, 0.2) is 48.5 Å². The van der Waals surface area contributed by atoms with Gasteiger partial charge >= 0.3 is 0 Å². The largest absolute Gasteiger partial charge is 0.379 e. The van der Waals surface area contributed by atoms with Crippen molar-refractivity contribution in [2.45, 2.75) is 12.6 Å². The van der Waals surface area contributed by atoms with Gasteiger partial charge in [0.1, 0.15) is 16.9 Å². The lowest BCUT2D eigenvalue weighted by Crippen LogP contribution is -2.45. The number of halogens is 1. The molecule has 7 heteroatoms. The number of rotatable bonds is 5. The van der Waals surface area contributed by atoms with Gasteiger partial charge in [-0.15, -0.1) is 11.3 Å². The van der Waals surface area contributed by atoms with Crippen molar-refractivity contribution in [1.29, 1.82) is 0 Å². The first-order chi connectivity index (χ1) is 13.2. The van der Waals surface area contributed by atoms with E-state index < -0.39 is 6.04 Å². The molecule has 1 fully saturated rings. The fourth-order valence-corrected chi connectivity index (χ4v) is 4.20. The van der Waals surface area contributed by atoms with Crippen molar-refractivity contribution >= 4 is 27.5 Å². The van der Waals surface area contributed by atoms with Crippen LogP contribution in [0.4, 0.5) is 4.39 Å². The van der Waals surface area contributed by atoms with E-state index in [2.05, 4.69) is 10.3 Å². The van der Waals surface area contributed by atoms with Gasteiger partial charge in [0.2, 0.25) is 5.91 Å². The van der Waals surface area contributed by atoms with Crippen LogP contribution < -0.4 is 5.32 Å². The van der Waals surface area contributed by atoms with E-state index >= 15 is 0 Å². The number of morpholine rings is 1. The zero-order chi connectivity index (χ0) is 18.6. The number of fused-ring (bicyclic) bond motifs is 1. The molecule has 0 spiro atoms. The SMILES string of the molecule is O=C(NCc1nc2ccccc2s1)[C@H](c1cccc(F)c1)N1CCOCC1. The lowest BCUT2D eigenvalue weighted by Gasteiger charge is -2.33. The number of benzene rings is 2. The zero-order valence-corrected chi connectivity index (χ0v) is 15.5. The molecule has 1 saturated heterocycles. The first kappa shape index (κ1) is 18.0. The van der Waals surface area contributed by atoms with Crippen molar-refractivity contribution < 1.29 is 13.9 Å². The third-order valence-corrected chi connectivity index (χ3v) is 5.61. The van der Waals surface area contributed by atoms with Crippen molar-refractivity contribution in [1.82, 2.24) is 15.2 Å². The molecular formula is C20H20FN3O2S. The van der Waals surface area contributed by atoms with Gasteiger partial charge in [-0.1, -0.05) is 24.3 Å². The molecule has 0 saturated carbocycles. The Hall–Kier alpha value is -2.35. The van der Waals surface area contributed by atoms with Gasteiger partial charge in [-0.2, -0.15) is 0 Å². The summed E-state index contributed by atoms with van der Waals surface area (Å²) in [5.74, 6) is -0.494. The van der Waals surface area contributed by atoms with Gasteiger partial charge in [0.15, 0.2) is 0 Å². The normalized spacial score (nSPS) is 16.3. The third kappa shape index (κ3) is 4.16. The number of aromatic nitrogens is 1. The standard InChI is InChI=1S/C20H20FN3O2S/c21-15-5-3-4-14(12-15)19(24-8-10-26-11-9-24)20(25)22-13-18-23-16-6-1-2-7-17(16)27-18/h1-7,12,19H,8-11,13H2,(H,22,25)/t19-/m0/s1. The summed E-state index contributed by atoms with van der Waals surface area (Å²) in [4.78, 5) is 19.6. The number of nitrogens with one attached hydrogen (secondary N) is 1. The first-order valence-corrected chi connectivity index (χ1v) is 9.72. The molecule has 2 aromatic carbocycles. The fourth-order valence-electron chi connectivity index (χ4n) is 3.30. The number of hydrogen-bond donors (Lipinski definition) is 1. The lowest BCUT2D eigenvalue weighted by molar-refractivity contribution is -0.128. The maximum absolute atomic E-state index is 13.7. The quantitative estimate of drug-likeness (QED) is 0.733. The van der Waals surface area contributed by atoms with E-state index in [1.165, 1.54) is 12.1 Å². The van der Waals surface area contributed by atoms with Crippen molar-refractivity contribution in [2.24, 2.45) is 0 Å². The monoisotopic (exact) mass is 385 g/mol. The van der Waals surface area contributed by atoms with Gasteiger partial charge in [-0.05, 0) is 29.8 Å². The molecule has 1 amide bonds. The van der Waals surface area contributed by atoms with Crippen LogP contribution in [0.5, 0.6) is 0 Å². The summed E-state index contributed by atoms with van der Waals surface area (Å²) in [7, 11) is 0. The summed E-state index contributed by atoms with van der Waals surface area (Å²) < 4.78 is 20.2. The number of para-hydroxylation sites is 1. The Morgan fingerprint density at radius 1 is 1.22 bits per heavy atom. The highest BCUT2D eigenvalue weighted by molar-refractivity contribution is 7.18. The van der Waals surface area contributed by atoms with Crippen molar-refractivity contribution in [3.05, 3.63) is 64.9 Å². The minimum atomic E-state index is -0.543. The van der Waals surface area contributed by atoms with E-state index in [-0.39, 0.29) is 11.7 Å². The Morgan fingerprint density at radius 2 is 2.04 bits per heavy atom. The van der Waals surface area contributed by atoms with E-state index in [9.17, 15) is 9.18 Å². The summed E-state index contributed by atoms with van der Waals surface area (Å²) in [6, 6.07) is 13.6. The second-order valence-electron chi connectivity index (χ2n) is 6.40. The molecule has 2 heterocycles. The predicted molar refractivity (Wildman–Crippen MR) is 103 cm³/mol. The Morgan fingerprint density at radius 3 is 2.81 bits per heavy atom. The second-order valence-corrected chi connectivity index (χ2v) is 7.51. The molecule has 3 aromatic rings. The van der Waals surface area contributed by atoms with Crippen LogP contribution in [-0.4, -0.2) is 42.1 Å². The van der Waals surface area contributed by atoms with Gasteiger partial charge in [-0.25, -0.2) is 9.37 Å². The van der Waals surface area contributed by atoms with E-state index in [1.54, 1.807) is 23.5 Å². The van der Waals surface area contributed by atoms with E-state index in [0.717, 1.165) is 15.2 Å². The minimum Gasteiger partial charge on any atom is -0.379 e. The number of amides is 1. The number of ether oxygens (including phenoxy) is 1. The topological polar surface area (TPSA) is 54.5 Å². The summed E-state index contributed by atoms with van der Waals surface area (Å²) in [6.07, 6.45) is 0. The first-order valence-electron chi connectivity index (χ1n) is 8.90. The molecule has 0 bridgehead atoms. The predicted octanol–water partition coefficient (Wildman–Crippen LogP) is 3.13. The average Bonchev–Trinajstić information content (AvgIpc) is 3.11. The number of nitrogens with zero attached hydrogens (tertiary/aromatic N) is 2. The molecule has 1 N–H and O–H groups in total. The Bertz CT molecular complexity index is 907. The lowest BCUT2D eigenvalue weighted by atomic mass is 10.0. The Kier molecular flexibility index (Phi) is 5.42. The Labute approximate surface area is 160 Å². The van der Waals surface area contributed by atoms with Gasteiger partial charge < -0.3 is 10.1 Å². The van der Waals surface area contributed by atoms with Crippen LogP contribution >= 0.6 is 11.3 Å². The molecule has 27 heavy (non-hydrogen) atoms. The second kappa shape index (κ2) is 8.12. The highest BCUT2D eigenvalue weighted by Crippen LogP contribution is 2.24. The summed E-state index contributed by atoms with van der Waals surface area (Å²) in [5.41, 5.74) is 1.58. The number of carbonyl (C=O) groups excluding carboxylic acids is 1. The fraction of sp³-hybridized carbons (Fsp3) is 0.300. The molecule has 5 nitrogen and oxygen atoms in total. The summed E-state index contributed by atoms with van der Waals surface area (Å²) in [6.45, 7) is 2.76. The molecule has 4 rings (SSSR count). The third-order valence-electron chi connectivity index (χ3n) is 4.58. The summed E-state index contributed by atoms with van der Waals surface area (Å²) >= 11 is 1.57. The maximum Gasteiger partial charge on any atom is 0.242 e.